The molecule has 2 aliphatic rings. The Bertz CT molecular complexity index is 605. The van der Waals surface area contributed by atoms with E-state index in [0.717, 1.165) is 0 Å². The summed E-state index contributed by atoms with van der Waals surface area (Å²) in [7, 11) is -4.19. The molecule has 0 aromatic heterocycles. The van der Waals surface area contributed by atoms with Crippen LogP contribution in [-0.4, -0.2) is 24.2 Å². The minimum atomic E-state index is -4.19. The summed E-state index contributed by atoms with van der Waals surface area (Å²) in [4.78, 5) is 10.8. The first-order chi connectivity index (χ1) is 8.36. The van der Waals surface area contributed by atoms with Crippen molar-refractivity contribution in [3.8, 4) is 0 Å². The van der Waals surface area contributed by atoms with E-state index in [2.05, 4.69) is 0 Å². The number of ether oxygens (including phenoxy) is 2. The third-order valence-electron chi connectivity index (χ3n) is 2.27. The van der Waals surface area contributed by atoms with Crippen molar-refractivity contribution >= 4 is 16.1 Å². The van der Waals surface area contributed by atoms with Crippen molar-refractivity contribution in [2.24, 2.45) is 0 Å². The fourth-order valence-corrected chi connectivity index (χ4v) is 2.09. The van der Waals surface area contributed by atoms with Crippen LogP contribution in [0.5, 0.6) is 0 Å². The van der Waals surface area contributed by atoms with Gasteiger partial charge in [0.15, 0.2) is 5.76 Å². The Morgan fingerprint density at radius 2 is 2.22 bits per heavy atom. The molecule has 0 bridgehead atoms. The van der Waals surface area contributed by atoms with Gasteiger partial charge in [-0.15, -0.1) is 0 Å². The number of carbonyl (C=O) groups excluding carboxylic acids is 1. The van der Waals surface area contributed by atoms with Gasteiger partial charge in [-0.3, -0.25) is 9.35 Å². The van der Waals surface area contributed by atoms with E-state index in [1.165, 1.54) is 37.5 Å². The maximum atomic E-state index is 11.0. The summed E-state index contributed by atoms with van der Waals surface area (Å²) in [6.07, 6.45) is 6.78. The van der Waals surface area contributed by atoms with Crippen molar-refractivity contribution in [1.82, 2.24) is 0 Å². The zero-order chi connectivity index (χ0) is 13.3. The highest BCUT2D eigenvalue weighted by Gasteiger charge is 2.25. The van der Waals surface area contributed by atoms with Gasteiger partial charge in [0.1, 0.15) is 17.3 Å². The van der Waals surface area contributed by atoms with E-state index in [1.807, 2.05) is 0 Å². The van der Waals surface area contributed by atoms with Crippen LogP contribution in [0.25, 0.3) is 0 Å². The monoisotopic (exact) mass is 270 g/mol. The summed E-state index contributed by atoms with van der Waals surface area (Å²) in [5.74, 6) is 0.0327. The number of hydrogen-bond acceptors (Lipinski definition) is 5. The summed E-state index contributed by atoms with van der Waals surface area (Å²) >= 11 is 0. The van der Waals surface area contributed by atoms with Crippen molar-refractivity contribution in [1.29, 1.82) is 0 Å². The molecule has 0 aromatic carbocycles. The number of carbonyl (C=O) groups is 1. The first-order valence-electron chi connectivity index (χ1n) is 5.00. The van der Waals surface area contributed by atoms with E-state index in [4.69, 9.17) is 14.0 Å². The predicted molar refractivity (Wildman–Crippen MR) is 61.6 cm³/mol. The molecular weight excluding hydrogens is 260 g/mol. The van der Waals surface area contributed by atoms with Crippen LogP contribution in [-0.2, 0) is 24.4 Å². The largest absolute Gasteiger partial charge is 0.461 e. The Morgan fingerprint density at radius 1 is 1.50 bits per heavy atom. The van der Waals surface area contributed by atoms with Gasteiger partial charge < -0.3 is 9.47 Å². The van der Waals surface area contributed by atoms with Crippen LogP contribution in [0, 0.1) is 0 Å². The van der Waals surface area contributed by atoms with E-state index in [1.54, 1.807) is 0 Å². The third kappa shape index (κ3) is 2.69. The second kappa shape index (κ2) is 4.43. The molecule has 1 aliphatic carbocycles. The van der Waals surface area contributed by atoms with Crippen LogP contribution in [0.1, 0.15) is 6.92 Å². The molecule has 6 nitrogen and oxygen atoms in total. The molecule has 0 amide bonds. The number of allylic oxidation sites excluding steroid dienone is 2. The molecule has 18 heavy (non-hydrogen) atoms. The molecule has 0 fully saturated rings. The van der Waals surface area contributed by atoms with Gasteiger partial charge in [-0.2, -0.15) is 8.42 Å². The Balaban J connectivity index is 2.24. The van der Waals surface area contributed by atoms with E-state index in [9.17, 15) is 13.2 Å². The van der Waals surface area contributed by atoms with Gasteiger partial charge in [0.05, 0.1) is 0 Å². The number of esters is 1. The van der Waals surface area contributed by atoms with Gasteiger partial charge in [-0.25, -0.2) is 0 Å². The van der Waals surface area contributed by atoms with E-state index < -0.39 is 21.3 Å². The minimum absolute atomic E-state index is 0.226. The standard InChI is InChI=1S/C11H10O6S/c1-7(12)17-9-4-8-2-3-10(18(13,14)15)5-11(8)16-6-9/h2-6,10H,1H3,(H,13,14,15). The molecule has 0 aromatic rings. The molecule has 0 saturated carbocycles. The van der Waals surface area contributed by atoms with Gasteiger partial charge >= 0.3 is 5.97 Å². The lowest BCUT2D eigenvalue weighted by Crippen LogP contribution is -2.19. The molecule has 2 rings (SSSR count). The molecule has 7 heteroatoms. The zero-order valence-electron chi connectivity index (χ0n) is 9.36. The number of hydrogen-bond donors (Lipinski definition) is 1. The first kappa shape index (κ1) is 12.6. The maximum absolute atomic E-state index is 11.0. The summed E-state index contributed by atoms with van der Waals surface area (Å²) < 4.78 is 40.8. The smallest absolute Gasteiger partial charge is 0.308 e. The molecule has 1 atom stereocenters. The normalized spacial score (nSPS) is 22.1. The lowest BCUT2D eigenvalue weighted by atomic mass is 10.1. The highest BCUT2D eigenvalue weighted by atomic mass is 32.2. The van der Waals surface area contributed by atoms with E-state index in [0.29, 0.717) is 5.57 Å². The number of rotatable bonds is 2. The van der Waals surface area contributed by atoms with Crippen LogP contribution in [0.15, 0.2) is 47.7 Å². The van der Waals surface area contributed by atoms with Gasteiger partial charge in [0.25, 0.3) is 10.1 Å². The quantitative estimate of drug-likeness (QED) is 0.596. The molecule has 1 N–H and O–H groups in total. The summed E-state index contributed by atoms with van der Waals surface area (Å²) in [6, 6.07) is 0. The van der Waals surface area contributed by atoms with Crippen LogP contribution in [0.3, 0.4) is 0 Å². The fraction of sp³-hybridized carbons (Fsp3) is 0.182. The van der Waals surface area contributed by atoms with Crippen LogP contribution >= 0.6 is 0 Å². The SMILES string of the molecule is CC(=O)OC1=COC2=CC(S(=O)(=O)O)C=CC2=C1. The second-order valence-electron chi connectivity index (χ2n) is 3.70. The van der Waals surface area contributed by atoms with Gasteiger partial charge in [-0.1, -0.05) is 12.2 Å². The van der Waals surface area contributed by atoms with E-state index >= 15 is 0 Å². The Morgan fingerprint density at radius 3 is 2.83 bits per heavy atom. The van der Waals surface area contributed by atoms with Crippen molar-refractivity contribution in [3.63, 3.8) is 0 Å². The summed E-state index contributed by atoms with van der Waals surface area (Å²) in [6.45, 7) is 1.26. The lowest BCUT2D eigenvalue weighted by molar-refractivity contribution is -0.136. The van der Waals surface area contributed by atoms with Crippen molar-refractivity contribution in [2.45, 2.75) is 12.2 Å². The van der Waals surface area contributed by atoms with Crippen molar-refractivity contribution in [2.75, 3.05) is 0 Å². The zero-order valence-corrected chi connectivity index (χ0v) is 10.2. The summed E-state index contributed by atoms with van der Waals surface area (Å²) in [5, 5.41) is -1.13. The molecule has 0 spiro atoms. The lowest BCUT2D eigenvalue weighted by Gasteiger charge is -2.19. The molecule has 0 saturated heterocycles. The molecule has 0 radical (unpaired) electrons. The summed E-state index contributed by atoms with van der Waals surface area (Å²) in [5.41, 5.74) is 0.564. The molecular formula is C11H10O6S. The van der Waals surface area contributed by atoms with Crippen LogP contribution in [0.4, 0.5) is 0 Å². The average Bonchev–Trinajstić information content (AvgIpc) is 2.26. The topological polar surface area (TPSA) is 89.9 Å². The Hall–Kier alpha value is -1.86. The Kier molecular flexibility index (Phi) is 3.10. The molecule has 96 valence electrons. The van der Waals surface area contributed by atoms with Gasteiger partial charge in [-0.05, 0) is 12.2 Å². The van der Waals surface area contributed by atoms with E-state index in [-0.39, 0.29) is 11.5 Å². The predicted octanol–water partition coefficient (Wildman–Crippen LogP) is 1.06. The Labute approximate surface area is 104 Å². The minimum Gasteiger partial charge on any atom is -0.461 e. The second-order valence-corrected chi connectivity index (χ2v) is 5.28. The van der Waals surface area contributed by atoms with Gasteiger partial charge in [0.2, 0.25) is 0 Å². The molecule has 1 aliphatic heterocycles. The molecule has 1 unspecified atom stereocenters. The van der Waals surface area contributed by atoms with Crippen molar-refractivity contribution < 1.29 is 27.2 Å². The number of fused-ring (bicyclic) bond motifs is 1. The molecule has 1 heterocycles. The third-order valence-corrected chi connectivity index (χ3v) is 3.25. The van der Waals surface area contributed by atoms with Gasteiger partial charge in [0, 0.05) is 12.5 Å². The highest BCUT2D eigenvalue weighted by Crippen LogP contribution is 2.27. The average molecular weight is 270 g/mol. The first-order valence-corrected chi connectivity index (χ1v) is 6.50. The van der Waals surface area contributed by atoms with Crippen LogP contribution in [0.2, 0.25) is 0 Å². The maximum Gasteiger partial charge on any atom is 0.308 e. The fourth-order valence-electron chi connectivity index (χ4n) is 1.52. The van der Waals surface area contributed by atoms with Crippen molar-refractivity contribution in [3.05, 3.63) is 47.7 Å². The van der Waals surface area contributed by atoms with Crippen LogP contribution < -0.4 is 0 Å². The highest BCUT2D eigenvalue weighted by molar-refractivity contribution is 7.86.